The molecule has 1 heterocycles. The number of rotatable bonds is 5. The summed E-state index contributed by atoms with van der Waals surface area (Å²) in [4.78, 5) is 13.4. The number of benzene rings is 1. The Balaban J connectivity index is 2.26. The lowest BCUT2D eigenvalue weighted by Gasteiger charge is -2.27. The summed E-state index contributed by atoms with van der Waals surface area (Å²) >= 11 is 0. The number of aryl methyl sites for hydroxylation is 1. The number of nitrogen functional groups attached to an aromatic ring is 1. The number of hydrogen-bond donors (Lipinski definition) is 2. The third kappa shape index (κ3) is 3.04. The first-order valence-corrected chi connectivity index (χ1v) is 7.03. The Bertz CT molecular complexity index is 496. The molecule has 1 aromatic carbocycles. The fourth-order valence-electron chi connectivity index (χ4n) is 2.59. The summed E-state index contributed by atoms with van der Waals surface area (Å²) in [7, 11) is 0. The van der Waals surface area contributed by atoms with Crippen LogP contribution in [0.3, 0.4) is 0 Å². The van der Waals surface area contributed by atoms with Crippen molar-refractivity contribution in [1.82, 2.24) is 0 Å². The number of carbonyl (C=O) groups is 1. The van der Waals surface area contributed by atoms with Gasteiger partial charge in [0, 0.05) is 31.1 Å². The van der Waals surface area contributed by atoms with Gasteiger partial charge in [0.05, 0.1) is 11.7 Å². The van der Waals surface area contributed by atoms with E-state index in [4.69, 9.17) is 10.5 Å². The number of nitrogens with two attached hydrogens (primary N) is 1. The smallest absolute Gasteiger partial charge is 0.337 e. The molecule has 1 aliphatic rings. The lowest BCUT2D eigenvalue weighted by Crippen LogP contribution is -2.32. The highest BCUT2D eigenvalue weighted by Crippen LogP contribution is 2.26. The Labute approximate surface area is 119 Å². The van der Waals surface area contributed by atoms with Gasteiger partial charge in [0.15, 0.2) is 0 Å². The van der Waals surface area contributed by atoms with E-state index in [9.17, 15) is 9.90 Å². The lowest BCUT2D eigenvalue weighted by atomic mass is 10.1. The van der Waals surface area contributed by atoms with Gasteiger partial charge in [-0.25, -0.2) is 4.79 Å². The Morgan fingerprint density at radius 1 is 1.55 bits per heavy atom. The summed E-state index contributed by atoms with van der Waals surface area (Å²) < 4.78 is 5.66. The molecular weight excluding hydrogens is 256 g/mol. The van der Waals surface area contributed by atoms with Crippen molar-refractivity contribution in [3.05, 3.63) is 23.3 Å². The summed E-state index contributed by atoms with van der Waals surface area (Å²) in [6.45, 7) is 6.32. The van der Waals surface area contributed by atoms with Crippen LogP contribution in [0.4, 0.5) is 11.4 Å². The van der Waals surface area contributed by atoms with E-state index in [1.165, 1.54) is 0 Å². The number of ether oxygens (including phenoxy) is 1. The molecule has 0 radical (unpaired) electrons. The van der Waals surface area contributed by atoms with E-state index in [1.807, 2.05) is 13.0 Å². The first kappa shape index (κ1) is 14.7. The van der Waals surface area contributed by atoms with E-state index in [0.29, 0.717) is 5.69 Å². The largest absolute Gasteiger partial charge is 0.478 e. The van der Waals surface area contributed by atoms with Gasteiger partial charge < -0.3 is 20.5 Å². The third-order valence-corrected chi connectivity index (χ3v) is 3.80. The predicted octanol–water partition coefficient (Wildman–Crippen LogP) is 2.28. The second kappa shape index (κ2) is 6.13. The number of carboxylic acids is 1. The summed E-state index contributed by atoms with van der Waals surface area (Å²) in [5, 5.41) is 9.23. The molecule has 1 saturated heterocycles. The highest BCUT2D eigenvalue weighted by atomic mass is 16.5. The second-order valence-corrected chi connectivity index (χ2v) is 5.20. The zero-order chi connectivity index (χ0) is 14.7. The third-order valence-electron chi connectivity index (χ3n) is 3.80. The van der Waals surface area contributed by atoms with Crippen LogP contribution in [0.1, 0.15) is 35.7 Å². The maximum absolute atomic E-state index is 11.3. The first-order chi connectivity index (χ1) is 9.52. The Kier molecular flexibility index (Phi) is 4.49. The summed E-state index contributed by atoms with van der Waals surface area (Å²) in [6.07, 6.45) is 2.40. The number of carboxylic acid groups (broad SMARTS) is 1. The molecule has 5 nitrogen and oxygen atoms in total. The van der Waals surface area contributed by atoms with Gasteiger partial charge in [0.25, 0.3) is 0 Å². The van der Waals surface area contributed by atoms with Gasteiger partial charge in [0.1, 0.15) is 0 Å². The van der Waals surface area contributed by atoms with Crippen LogP contribution < -0.4 is 10.6 Å². The van der Waals surface area contributed by atoms with Gasteiger partial charge in [-0.05, 0) is 44.4 Å². The van der Waals surface area contributed by atoms with Gasteiger partial charge in [-0.2, -0.15) is 0 Å². The summed E-state index contributed by atoms with van der Waals surface area (Å²) in [6, 6.07) is 3.60. The van der Waals surface area contributed by atoms with Crippen molar-refractivity contribution in [2.45, 2.75) is 32.8 Å². The molecule has 0 aromatic heterocycles. The van der Waals surface area contributed by atoms with Crippen molar-refractivity contribution < 1.29 is 14.6 Å². The van der Waals surface area contributed by atoms with Crippen LogP contribution in [0.2, 0.25) is 0 Å². The fraction of sp³-hybridized carbons (Fsp3) is 0.533. The molecule has 0 amide bonds. The van der Waals surface area contributed by atoms with Crippen LogP contribution >= 0.6 is 0 Å². The quantitative estimate of drug-likeness (QED) is 0.808. The molecule has 5 heteroatoms. The molecule has 0 spiro atoms. The number of hydrogen-bond acceptors (Lipinski definition) is 4. The van der Waals surface area contributed by atoms with Crippen LogP contribution in [-0.2, 0) is 4.74 Å². The Morgan fingerprint density at radius 2 is 2.30 bits per heavy atom. The fourth-order valence-corrected chi connectivity index (χ4v) is 2.59. The topological polar surface area (TPSA) is 75.8 Å². The molecule has 3 N–H and O–H groups in total. The number of anilines is 2. The molecule has 2 rings (SSSR count). The van der Waals surface area contributed by atoms with Crippen molar-refractivity contribution in [3.63, 3.8) is 0 Å². The molecule has 1 fully saturated rings. The van der Waals surface area contributed by atoms with Crippen molar-refractivity contribution >= 4 is 17.3 Å². The number of nitrogens with zero attached hydrogens (tertiary/aromatic N) is 1. The molecule has 110 valence electrons. The number of aromatic carboxylic acids is 1. The van der Waals surface area contributed by atoms with Crippen molar-refractivity contribution in [3.8, 4) is 0 Å². The van der Waals surface area contributed by atoms with Crippen LogP contribution in [-0.4, -0.2) is 36.9 Å². The van der Waals surface area contributed by atoms with Crippen molar-refractivity contribution in [2.75, 3.05) is 30.3 Å². The monoisotopic (exact) mass is 278 g/mol. The minimum Gasteiger partial charge on any atom is -0.478 e. The minimum absolute atomic E-state index is 0.172. The Morgan fingerprint density at radius 3 is 2.85 bits per heavy atom. The average Bonchev–Trinajstić information content (AvgIpc) is 2.91. The summed E-state index contributed by atoms with van der Waals surface area (Å²) in [5.41, 5.74) is 8.04. The minimum atomic E-state index is -0.986. The normalized spacial score (nSPS) is 18.2. The molecule has 1 aromatic rings. The molecule has 20 heavy (non-hydrogen) atoms. The van der Waals surface area contributed by atoms with E-state index in [1.54, 1.807) is 6.07 Å². The standard InChI is InChI=1S/C15H22N2O3/c1-3-17(9-12-5-4-6-20-12)11-7-10(2)14(16)13(8-11)15(18)19/h7-8,12H,3-6,9,16H2,1-2H3,(H,18,19). The van der Waals surface area contributed by atoms with Crippen molar-refractivity contribution in [1.29, 1.82) is 0 Å². The van der Waals surface area contributed by atoms with E-state index >= 15 is 0 Å². The first-order valence-electron chi connectivity index (χ1n) is 7.03. The van der Waals surface area contributed by atoms with E-state index in [2.05, 4.69) is 11.8 Å². The van der Waals surface area contributed by atoms with Crippen LogP contribution in [0, 0.1) is 6.92 Å². The summed E-state index contributed by atoms with van der Waals surface area (Å²) in [5.74, 6) is -0.986. The molecule has 1 atom stereocenters. The van der Waals surface area contributed by atoms with E-state index in [-0.39, 0.29) is 11.7 Å². The highest BCUT2D eigenvalue weighted by Gasteiger charge is 2.20. The maximum atomic E-state index is 11.3. The van der Waals surface area contributed by atoms with Crippen LogP contribution in [0.15, 0.2) is 12.1 Å². The highest BCUT2D eigenvalue weighted by molar-refractivity contribution is 5.95. The molecule has 0 saturated carbocycles. The van der Waals surface area contributed by atoms with Crippen LogP contribution in [0.25, 0.3) is 0 Å². The molecule has 0 aliphatic carbocycles. The zero-order valence-electron chi connectivity index (χ0n) is 12.1. The molecule has 1 unspecified atom stereocenters. The maximum Gasteiger partial charge on any atom is 0.337 e. The van der Waals surface area contributed by atoms with Gasteiger partial charge in [-0.15, -0.1) is 0 Å². The molecule has 0 bridgehead atoms. The number of likely N-dealkylation sites (N-methyl/N-ethyl adjacent to an activating group) is 1. The van der Waals surface area contributed by atoms with Crippen molar-refractivity contribution in [2.24, 2.45) is 0 Å². The predicted molar refractivity (Wildman–Crippen MR) is 79.4 cm³/mol. The lowest BCUT2D eigenvalue weighted by molar-refractivity contribution is 0.0698. The van der Waals surface area contributed by atoms with Gasteiger partial charge in [-0.3, -0.25) is 0 Å². The van der Waals surface area contributed by atoms with E-state index in [0.717, 1.165) is 43.8 Å². The van der Waals surface area contributed by atoms with E-state index < -0.39 is 5.97 Å². The van der Waals surface area contributed by atoms with Gasteiger partial charge in [0.2, 0.25) is 0 Å². The average molecular weight is 278 g/mol. The van der Waals surface area contributed by atoms with Gasteiger partial charge >= 0.3 is 5.97 Å². The zero-order valence-corrected chi connectivity index (χ0v) is 12.1. The SMILES string of the molecule is CCN(CC1CCCO1)c1cc(C)c(N)c(C(=O)O)c1. The Hall–Kier alpha value is -1.75. The van der Waals surface area contributed by atoms with Gasteiger partial charge in [-0.1, -0.05) is 0 Å². The molecule has 1 aliphatic heterocycles. The van der Waals surface area contributed by atoms with Crippen LogP contribution in [0.5, 0.6) is 0 Å². The second-order valence-electron chi connectivity index (χ2n) is 5.20. The molecular formula is C15H22N2O3.